The van der Waals surface area contributed by atoms with Gasteiger partial charge in [0.15, 0.2) is 12.6 Å². The molecule has 0 bridgehead atoms. The van der Waals surface area contributed by atoms with E-state index in [1.165, 1.54) is 0 Å². The molecular weight excluding hydrogens is 416 g/mol. The molecule has 0 amide bonds. The molecule has 0 aliphatic carbocycles. The van der Waals surface area contributed by atoms with Crippen molar-refractivity contribution < 1.29 is 37.1 Å². The molecule has 5 N–H and O–H groups in total. The Bertz CT molecular complexity index is 1020. The summed E-state index contributed by atoms with van der Waals surface area (Å²) in [5, 5.41) is 0. The lowest BCUT2D eigenvalue weighted by atomic mass is 9.93. The number of anilines is 1. The summed E-state index contributed by atoms with van der Waals surface area (Å²) in [6, 6.07) is 0. The Balaban J connectivity index is 1.85. The van der Waals surface area contributed by atoms with Crippen LogP contribution in [-0.2, 0) is 29.7 Å². The third kappa shape index (κ3) is 4.01. The fraction of sp³-hybridized carbons (Fsp3) is 0.615. The lowest BCUT2D eigenvalue weighted by molar-refractivity contribution is -0.745. The first-order chi connectivity index (χ1) is 13.0. The topological polar surface area (TPSA) is 183 Å². The van der Waals surface area contributed by atoms with E-state index in [0.29, 0.717) is 11.2 Å². The second-order valence-corrected chi connectivity index (χ2v) is 8.95. The van der Waals surface area contributed by atoms with Crippen molar-refractivity contribution in [1.82, 2.24) is 14.5 Å². The summed E-state index contributed by atoms with van der Waals surface area (Å²) in [5.74, 6) is -0.234. The minimum absolute atomic E-state index is 0.0347. The molecule has 1 fully saturated rings. The quantitative estimate of drug-likeness (QED) is 0.357. The Morgan fingerprint density at radius 1 is 1.50 bits per heavy atom. The second-order valence-electron chi connectivity index (χ2n) is 6.62. The van der Waals surface area contributed by atoms with Crippen LogP contribution in [0.25, 0.3) is 11.2 Å². The maximum atomic E-state index is 12.2. The highest BCUT2D eigenvalue weighted by Gasteiger charge is 2.45. The van der Waals surface area contributed by atoms with Gasteiger partial charge in [-0.05, 0) is 10.2 Å². The van der Waals surface area contributed by atoms with Crippen LogP contribution >= 0.6 is 16.1 Å². The van der Waals surface area contributed by atoms with E-state index in [9.17, 15) is 18.8 Å². The first-order valence-corrected chi connectivity index (χ1v) is 10.9. The second kappa shape index (κ2) is 7.60. The number of fused-ring (bicyclic) bond motifs is 1. The van der Waals surface area contributed by atoms with Crippen LogP contribution in [0, 0.1) is 11.8 Å². The van der Waals surface area contributed by atoms with Gasteiger partial charge in [0, 0.05) is 10.5 Å². The Morgan fingerprint density at radius 3 is 2.82 bits per heavy atom. The summed E-state index contributed by atoms with van der Waals surface area (Å²) < 4.78 is 40.2. The van der Waals surface area contributed by atoms with E-state index in [1.54, 1.807) is 22.5 Å². The number of imidazole rings is 1. The average molecular weight is 437 g/mol. The molecule has 0 radical (unpaired) electrons. The summed E-state index contributed by atoms with van der Waals surface area (Å²) in [5.41, 5.74) is 5.92. The van der Waals surface area contributed by atoms with Crippen LogP contribution in [0.2, 0.25) is 0 Å². The van der Waals surface area contributed by atoms with Crippen molar-refractivity contribution in [3.8, 4) is 0 Å². The van der Waals surface area contributed by atoms with E-state index in [-0.39, 0.29) is 30.0 Å². The van der Waals surface area contributed by atoms with Gasteiger partial charge in [-0.25, -0.2) is 9.13 Å². The molecule has 2 aromatic rings. The first-order valence-electron chi connectivity index (χ1n) is 8.24. The van der Waals surface area contributed by atoms with E-state index in [4.69, 9.17) is 19.9 Å². The molecule has 28 heavy (non-hydrogen) atoms. The number of nitrogens with zero attached hydrogens (tertiary/aromatic N) is 3. The normalized spacial score (nSPS) is 27.8. The number of aromatic nitrogens is 4. The Kier molecular flexibility index (Phi) is 5.70. The van der Waals surface area contributed by atoms with Gasteiger partial charge in [0.25, 0.3) is 11.5 Å². The number of aryl methyl sites for hydroxylation is 1. The molecule has 0 spiro atoms. The standard InChI is InChI=1S/C13H19N5O8P2/c1-6-7(2)12(25-8(6)4-24-28(22,23)26-27(20)21)18-5-17(3)9-10(18)15-13(14)16-11(9)19/h5-8,12H,4H2,1-3H3,(H3-2,14,15,16,19,20,21,22,23)/p+2/t6?,7?,8-,12-/m1/s1. The molecule has 6 atom stereocenters. The number of H-pyrrole nitrogens is 1. The van der Waals surface area contributed by atoms with Crippen LogP contribution in [0.3, 0.4) is 0 Å². The Hall–Kier alpha value is -1.72. The molecule has 154 valence electrons. The van der Waals surface area contributed by atoms with E-state index in [1.807, 2.05) is 13.8 Å². The smallest absolute Gasteiger partial charge is 0.355 e. The summed E-state index contributed by atoms with van der Waals surface area (Å²) in [7, 11) is -6.29. The van der Waals surface area contributed by atoms with Crippen LogP contribution in [0.15, 0.2) is 11.1 Å². The predicted molar refractivity (Wildman–Crippen MR) is 94.9 cm³/mol. The molecule has 15 heteroatoms. The summed E-state index contributed by atoms with van der Waals surface area (Å²) in [6.45, 7) is 3.45. The van der Waals surface area contributed by atoms with Crippen molar-refractivity contribution in [2.45, 2.75) is 26.2 Å². The highest BCUT2D eigenvalue weighted by molar-refractivity contribution is 7.55. The maximum Gasteiger partial charge on any atom is 0.705 e. The highest BCUT2D eigenvalue weighted by Crippen LogP contribution is 2.51. The fourth-order valence-electron chi connectivity index (χ4n) is 3.27. The summed E-state index contributed by atoms with van der Waals surface area (Å²) in [4.78, 5) is 36.8. The number of phosphoric ester groups is 1. The zero-order valence-electron chi connectivity index (χ0n) is 15.3. The SMILES string of the molecule is CC1C(C)[C@@H](COP(=O)(O)O[P+](=O)O)O[C@H]1[n+]1cn(C)c2c(=O)[nH]c(N)nc21. The van der Waals surface area contributed by atoms with E-state index >= 15 is 0 Å². The van der Waals surface area contributed by atoms with E-state index < -0.39 is 28.4 Å². The number of nitrogens with one attached hydrogen (secondary N) is 1. The molecule has 3 heterocycles. The number of hydrogen-bond donors (Lipinski definition) is 4. The molecule has 0 saturated carbocycles. The molecule has 1 aliphatic rings. The van der Waals surface area contributed by atoms with Crippen molar-refractivity contribution in [2.75, 3.05) is 12.3 Å². The van der Waals surface area contributed by atoms with Crippen molar-refractivity contribution in [2.24, 2.45) is 18.9 Å². The first kappa shape index (κ1) is 21.0. The molecule has 2 aromatic heterocycles. The molecule has 1 aliphatic heterocycles. The van der Waals surface area contributed by atoms with Gasteiger partial charge in [-0.3, -0.25) is 23.8 Å². The summed E-state index contributed by atoms with van der Waals surface area (Å²) >= 11 is 0. The van der Waals surface area contributed by atoms with Gasteiger partial charge in [-0.2, -0.15) is 0 Å². The molecule has 13 nitrogen and oxygen atoms in total. The largest absolute Gasteiger partial charge is 0.705 e. The van der Waals surface area contributed by atoms with Gasteiger partial charge in [0.05, 0.1) is 19.8 Å². The van der Waals surface area contributed by atoms with Crippen molar-refractivity contribution in [1.29, 1.82) is 0 Å². The number of nitrogen functional groups attached to an aromatic ring is 1. The molecule has 0 aromatic carbocycles. The number of rotatable bonds is 6. The minimum Gasteiger partial charge on any atom is -0.355 e. The monoisotopic (exact) mass is 437 g/mol. The van der Waals surface area contributed by atoms with E-state index in [0.717, 1.165) is 0 Å². The molecular formula is C13H21N5O8P2+2. The average Bonchev–Trinajstić information content (AvgIpc) is 3.02. The van der Waals surface area contributed by atoms with Gasteiger partial charge >= 0.3 is 21.7 Å². The minimum atomic E-state index is -4.69. The fourth-order valence-corrected chi connectivity index (χ4v) is 4.50. The number of hydrogen-bond acceptors (Lipinski definition) is 8. The lowest BCUT2D eigenvalue weighted by Gasteiger charge is -2.15. The Morgan fingerprint density at radius 2 is 2.18 bits per heavy atom. The number of ether oxygens (including phenoxy) is 1. The number of phosphoric acid groups is 1. The molecule has 4 unspecified atom stereocenters. The van der Waals surface area contributed by atoms with Gasteiger partial charge in [-0.1, -0.05) is 18.8 Å². The van der Waals surface area contributed by atoms with Crippen LogP contribution < -0.4 is 15.9 Å². The molecule has 3 rings (SSSR count). The van der Waals surface area contributed by atoms with Crippen LogP contribution in [0.5, 0.6) is 0 Å². The summed E-state index contributed by atoms with van der Waals surface area (Å²) in [6.07, 6.45) is 0.497. The van der Waals surface area contributed by atoms with Gasteiger partial charge in [0.1, 0.15) is 0 Å². The van der Waals surface area contributed by atoms with Crippen molar-refractivity contribution in [3.63, 3.8) is 0 Å². The predicted octanol–water partition coefficient (Wildman–Crippen LogP) is 0.0842. The zero-order chi connectivity index (χ0) is 20.8. The maximum absolute atomic E-state index is 12.2. The van der Waals surface area contributed by atoms with Gasteiger partial charge in [0.2, 0.25) is 5.52 Å². The Labute approximate surface area is 159 Å². The highest BCUT2D eigenvalue weighted by atomic mass is 31.2. The lowest BCUT2D eigenvalue weighted by Crippen LogP contribution is -2.42. The van der Waals surface area contributed by atoms with Crippen LogP contribution in [0.1, 0.15) is 20.1 Å². The van der Waals surface area contributed by atoms with Crippen LogP contribution in [0.4, 0.5) is 5.95 Å². The number of aromatic amines is 1. The van der Waals surface area contributed by atoms with Crippen molar-refractivity contribution in [3.05, 3.63) is 16.7 Å². The number of nitrogens with two attached hydrogens (primary N) is 1. The third-order valence-electron chi connectivity index (χ3n) is 4.82. The van der Waals surface area contributed by atoms with Gasteiger partial charge in [-0.15, -0.1) is 4.89 Å². The molecule has 1 saturated heterocycles. The van der Waals surface area contributed by atoms with Crippen LogP contribution in [-0.4, -0.2) is 37.0 Å². The third-order valence-corrected chi connectivity index (χ3v) is 6.68. The van der Waals surface area contributed by atoms with Crippen molar-refractivity contribution >= 4 is 33.2 Å². The van der Waals surface area contributed by atoms with Gasteiger partial charge < -0.3 is 10.5 Å². The van der Waals surface area contributed by atoms with E-state index in [2.05, 4.69) is 14.3 Å². The zero-order valence-corrected chi connectivity index (χ0v) is 17.0.